The fourth-order valence-electron chi connectivity index (χ4n) is 1.32. The molecule has 0 aromatic carbocycles. The van der Waals surface area contributed by atoms with E-state index in [0.29, 0.717) is 36.3 Å². The van der Waals surface area contributed by atoms with E-state index in [-0.39, 0.29) is 12.5 Å². The summed E-state index contributed by atoms with van der Waals surface area (Å²) in [6, 6.07) is 1.62. The summed E-state index contributed by atoms with van der Waals surface area (Å²) < 4.78 is 0. The molecule has 0 bridgehead atoms. The quantitative estimate of drug-likeness (QED) is 0.695. The molecule has 0 aliphatic rings. The van der Waals surface area contributed by atoms with Crippen molar-refractivity contribution in [2.45, 2.75) is 27.2 Å². The molecule has 0 unspecified atom stereocenters. The van der Waals surface area contributed by atoms with Gasteiger partial charge in [-0.2, -0.15) is 0 Å². The Hall–Kier alpha value is -1.85. The van der Waals surface area contributed by atoms with Crippen LogP contribution in [0.15, 0.2) is 6.07 Å². The number of hydrogen-bond donors (Lipinski definition) is 3. The monoisotopic (exact) mass is 251 g/mol. The lowest BCUT2D eigenvalue weighted by Gasteiger charge is -2.09. The molecule has 1 heterocycles. The van der Waals surface area contributed by atoms with Crippen molar-refractivity contribution in [2.24, 2.45) is 5.92 Å². The fourth-order valence-corrected chi connectivity index (χ4v) is 1.32. The average Bonchev–Trinajstić information content (AvgIpc) is 2.33. The molecule has 0 aliphatic carbocycles. The zero-order valence-corrected chi connectivity index (χ0v) is 11.2. The maximum absolute atomic E-state index is 11.5. The lowest BCUT2D eigenvalue weighted by Crippen LogP contribution is -2.32. The van der Waals surface area contributed by atoms with Gasteiger partial charge in [0.05, 0.1) is 6.54 Å². The maximum Gasteiger partial charge on any atom is 0.239 e. The number of amides is 1. The highest BCUT2D eigenvalue weighted by atomic mass is 16.1. The lowest BCUT2D eigenvalue weighted by molar-refractivity contribution is -0.119. The SMILES string of the molecule is CCc1nc(N)cc(NCC(=O)NCC(C)C)n1. The van der Waals surface area contributed by atoms with Crippen LogP contribution in [0.25, 0.3) is 0 Å². The highest BCUT2D eigenvalue weighted by Gasteiger charge is 2.04. The third kappa shape index (κ3) is 4.99. The summed E-state index contributed by atoms with van der Waals surface area (Å²) in [7, 11) is 0. The Morgan fingerprint density at radius 3 is 2.78 bits per heavy atom. The van der Waals surface area contributed by atoms with Gasteiger partial charge >= 0.3 is 0 Å². The normalized spacial score (nSPS) is 10.4. The van der Waals surface area contributed by atoms with Gasteiger partial charge in [0.2, 0.25) is 5.91 Å². The molecule has 100 valence electrons. The largest absolute Gasteiger partial charge is 0.384 e. The van der Waals surface area contributed by atoms with E-state index in [0.717, 1.165) is 0 Å². The number of nitrogens with two attached hydrogens (primary N) is 1. The second-order valence-corrected chi connectivity index (χ2v) is 4.50. The molecule has 1 aromatic heterocycles. The molecule has 0 aliphatic heterocycles. The highest BCUT2D eigenvalue weighted by molar-refractivity contribution is 5.80. The van der Waals surface area contributed by atoms with Crippen LogP contribution in [-0.4, -0.2) is 29.0 Å². The van der Waals surface area contributed by atoms with E-state index in [9.17, 15) is 4.79 Å². The van der Waals surface area contributed by atoms with Crippen LogP contribution in [0.4, 0.5) is 11.6 Å². The number of aryl methyl sites for hydroxylation is 1. The molecular weight excluding hydrogens is 230 g/mol. The van der Waals surface area contributed by atoms with Crippen LogP contribution in [0, 0.1) is 5.92 Å². The molecule has 0 saturated heterocycles. The third-order valence-electron chi connectivity index (χ3n) is 2.25. The molecule has 18 heavy (non-hydrogen) atoms. The van der Waals surface area contributed by atoms with Gasteiger partial charge in [-0.1, -0.05) is 20.8 Å². The number of hydrogen-bond acceptors (Lipinski definition) is 5. The molecule has 0 radical (unpaired) electrons. The highest BCUT2D eigenvalue weighted by Crippen LogP contribution is 2.08. The van der Waals surface area contributed by atoms with E-state index in [4.69, 9.17) is 5.73 Å². The molecule has 0 atom stereocenters. The summed E-state index contributed by atoms with van der Waals surface area (Å²) in [5.74, 6) is 2.04. The number of aromatic nitrogens is 2. The van der Waals surface area contributed by atoms with Crippen LogP contribution in [0.3, 0.4) is 0 Å². The smallest absolute Gasteiger partial charge is 0.239 e. The summed E-state index contributed by atoms with van der Waals surface area (Å²) in [4.78, 5) is 19.8. The molecule has 0 spiro atoms. The maximum atomic E-state index is 11.5. The molecule has 1 rings (SSSR count). The predicted octanol–water partition coefficient (Wildman–Crippen LogP) is 0.805. The third-order valence-corrected chi connectivity index (χ3v) is 2.25. The van der Waals surface area contributed by atoms with E-state index in [2.05, 4.69) is 20.6 Å². The van der Waals surface area contributed by atoms with Crippen molar-refractivity contribution in [3.63, 3.8) is 0 Å². The summed E-state index contributed by atoms with van der Waals surface area (Å²) in [6.07, 6.45) is 0.708. The molecular formula is C12H21N5O. The van der Waals surface area contributed by atoms with E-state index < -0.39 is 0 Å². The molecule has 0 fully saturated rings. The standard InChI is InChI=1S/C12H21N5O/c1-4-10-16-9(13)5-11(17-10)14-7-12(18)15-6-8(2)3/h5,8H,4,6-7H2,1-3H3,(H,15,18)(H3,13,14,16,17). The van der Waals surface area contributed by atoms with Gasteiger partial charge in [-0.3, -0.25) is 4.79 Å². The van der Waals surface area contributed by atoms with Crippen molar-refractivity contribution < 1.29 is 4.79 Å². The van der Waals surface area contributed by atoms with Crippen molar-refractivity contribution in [1.29, 1.82) is 0 Å². The van der Waals surface area contributed by atoms with Crippen molar-refractivity contribution in [1.82, 2.24) is 15.3 Å². The van der Waals surface area contributed by atoms with Gasteiger partial charge in [0.15, 0.2) is 0 Å². The summed E-state index contributed by atoms with van der Waals surface area (Å²) >= 11 is 0. The molecule has 4 N–H and O–H groups in total. The number of nitrogens with one attached hydrogen (secondary N) is 2. The molecule has 1 amide bonds. The van der Waals surface area contributed by atoms with Gasteiger partial charge in [-0.15, -0.1) is 0 Å². The van der Waals surface area contributed by atoms with E-state index in [1.54, 1.807) is 6.07 Å². The Morgan fingerprint density at radius 1 is 1.44 bits per heavy atom. The average molecular weight is 251 g/mol. The molecule has 6 heteroatoms. The van der Waals surface area contributed by atoms with Gasteiger partial charge in [0.1, 0.15) is 17.5 Å². The fraction of sp³-hybridized carbons (Fsp3) is 0.583. The topological polar surface area (TPSA) is 92.9 Å². The lowest BCUT2D eigenvalue weighted by atomic mass is 10.2. The zero-order valence-electron chi connectivity index (χ0n) is 11.2. The number of carbonyl (C=O) groups excluding carboxylic acids is 1. The van der Waals surface area contributed by atoms with Crippen LogP contribution in [0.1, 0.15) is 26.6 Å². The van der Waals surface area contributed by atoms with Gasteiger partial charge < -0.3 is 16.4 Å². The van der Waals surface area contributed by atoms with Crippen molar-refractivity contribution in [3.8, 4) is 0 Å². The summed E-state index contributed by atoms with van der Waals surface area (Å²) in [5.41, 5.74) is 5.65. The van der Waals surface area contributed by atoms with Crippen molar-refractivity contribution >= 4 is 17.5 Å². The Balaban J connectivity index is 2.47. The number of carbonyl (C=O) groups is 1. The zero-order chi connectivity index (χ0) is 13.5. The molecule has 1 aromatic rings. The Morgan fingerprint density at radius 2 is 2.17 bits per heavy atom. The van der Waals surface area contributed by atoms with Gasteiger partial charge in [0, 0.05) is 19.0 Å². The van der Waals surface area contributed by atoms with Gasteiger partial charge in [-0.05, 0) is 5.92 Å². The number of rotatable bonds is 6. The van der Waals surface area contributed by atoms with E-state index >= 15 is 0 Å². The van der Waals surface area contributed by atoms with Crippen LogP contribution >= 0.6 is 0 Å². The first-order chi connectivity index (χ1) is 8.51. The first-order valence-electron chi connectivity index (χ1n) is 6.15. The minimum absolute atomic E-state index is 0.0565. The van der Waals surface area contributed by atoms with Crippen LogP contribution in [0.2, 0.25) is 0 Å². The Kier molecular flexibility index (Phi) is 5.35. The second-order valence-electron chi connectivity index (χ2n) is 4.50. The summed E-state index contributed by atoms with van der Waals surface area (Å²) in [5, 5.41) is 5.76. The first kappa shape index (κ1) is 14.2. The summed E-state index contributed by atoms with van der Waals surface area (Å²) in [6.45, 7) is 6.91. The number of nitrogens with zero attached hydrogens (tertiary/aromatic N) is 2. The van der Waals surface area contributed by atoms with E-state index in [1.807, 2.05) is 20.8 Å². The van der Waals surface area contributed by atoms with Gasteiger partial charge in [0.25, 0.3) is 0 Å². The first-order valence-corrected chi connectivity index (χ1v) is 6.15. The Bertz CT molecular complexity index is 405. The van der Waals surface area contributed by atoms with Crippen molar-refractivity contribution in [3.05, 3.63) is 11.9 Å². The minimum atomic E-state index is -0.0565. The molecule has 6 nitrogen and oxygen atoms in total. The number of nitrogen functional groups attached to an aromatic ring is 1. The van der Waals surface area contributed by atoms with Gasteiger partial charge in [-0.25, -0.2) is 9.97 Å². The molecule has 0 saturated carbocycles. The minimum Gasteiger partial charge on any atom is -0.384 e. The predicted molar refractivity (Wildman–Crippen MR) is 72.2 cm³/mol. The van der Waals surface area contributed by atoms with Crippen LogP contribution < -0.4 is 16.4 Å². The van der Waals surface area contributed by atoms with Crippen LogP contribution in [-0.2, 0) is 11.2 Å². The number of anilines is 2. The van der Waals surface area contributed by atoms with Crippen molar-refractivity contribution in [2.75, 3.05) is 24.1 Å². The van der Waals surface area contributed by atoms with Crippen LogP contribution in [0.5, 0.6) is 0 Å². The Labute approximate surface area is 107 Å². The van der Waals surface area contributed by atoms with E-state index in [1.165, 1.54) is 0 Å². The second kappa shape index (κ2) is 6.78.